The molecule has 1 heterocycles. The third-order valence-corrected chi connectivity index (χ3v) is 7.33. The Balaban J connectivity index is 1.63. The molecule has 3 rings (SSSR count). The van der Waals surface area contributed by atoms with Gasteiger partial charge in [0.25, 0.3) is 0 Å². The van der Waals surface area contributed by atoms with Crippen LogP contribution in [0.15, 0.2) is 64.0 Å². The van der Waals surface area contributed by atoms with Crippen molar-refractivity contribution in [3.05, 3.63) is 60.6 Å². The minimum absolute atomic E-state index is 0.0454. The predicted molar refractivity (Wildman–Crippen MR) is 131 cm³/mol. The lowest BCUT2D eigenvalue weighted by Crippen LogP contribution is -2.31. The van der Waals surface area contributed by atoms with E-state index in [1.807, 2.05) is 30.3 Å². The Kier molecular flexibility index (Phi) is 8.84. The van der Waals surface area contributed by atoms with Crippen molar-refractivity contribution in [3.63, 3.8) is 0 Å². The number of rotatable bonds is 12. The van der Waals surface area contributed by atoms with Crippen LogP contribution >= 0.6 is 0 Å². The fraction of sp³-hybridized carbons (Fsp3) is 0.360. The molecule has 1 amide bonds. The molecule has 0 atom stereocenters. The van der Waals surface area contributed by atoms with Gasteiger partial charge in [-0.3, -0.25) is 4.79 Å². The summed E-state index contributed by atoms with van der Waals surface area (Å²) in [6, 6.07) is 14.4. The third kappa shape index (κ3) is 6.24. The summed E-state index contributed by atoms with van der Waals surface area (Å²) in [6.45, 7) is 6.37. The number of nitrogens with zero attached hydrogens (tertiary/aromatic N) is 2. The van der Waals surface area contributed by atoms with Crippen molar-refractivity contribution in [2.75, 3.05) is 25.0 Å². The number of ether oxygens (including phenoxy) is 1. The zero-order chi connectivity index (χ0) is 24.6. The highest BCUT2D eigenvalue weighted by Gasteiger charge is 2.26. The van der Waals surface area contributed by atoms with Gasteiger partial charge in [-0.2, -0.15) is 4.31 Å². The molecular weight excluding hydrogens is 454 g/mol. The zero-order valence-electron chi connectivity index (χ0n) is 19.8. The van der Waals surface area contributed by atoms with E-state index in [0.717, 1.165) is 5.56 Å². The summed E-state index contributed by atoms with van der Waals surface area (Å²) in [7, 11) is -3.75. The quantitative estimate of drug-likeness (QED) is 0.398. The Morgan fingerprint density at radius 3 is 2.50 bits per heavy atom. The minimum Gasteiger partial charge on any atom is -0.492 e. The van der Waals surface area contributed by atoms with Crippen molar-refractivity contribution < 1.29 is 22.4 Å². The molecule has 8 nitrogen and oxygen atoms in total. The van der Waals surface area contributed by atoms with Gasteiger partial charge in [-0.1, -0.05) is 44.2 Å². The smallest absolute Gasteiger partial charge is 0.246 e. The fourth-order valence-electron chi connectivity index (χ4n) is 3.55. The molecule has 3 aromatic rings. The van der Waals surface area contributed by atoms with Crippen molar-refractivity contribution in [1.82, 2.24) is 9.29 Å². The van der Waals surface area contributed by atoms with E-state index in [4.69, 9.17) is 9.15 Å². The second-order valence-electron chi connectivity index (χ2n) is 7.57. The first-order valence-electron chi connectivity index (χ1n) is 11.5. The molecule has 0 aliphatic carbocycles. The molecular formula is C25H31N3O5S. The normalized spacial score (nSPS) is 11.5. The van der Waals surface area contributed by atoms with Gasteiger partial charge >= 0.3 is 0 Å². The van der Waals surface area contributed by atoms with Crippen LogP contribution in [0.4, 0.5) is 5.69 Å². The third-order valence-electron chi connectivity index (χ3n) is 5.26. The number of hydrogen-bond acceptors (Lipinski definition) is 6. The average molecular weight is 486 g/mol. The maximum absolute atomic E-state index is 13.1. The lowest BCUT2D eigenvalue weighted by molar-refractivity contribution is -0.116. The molecule has 9 heteroatoms. The number of nitrogens with one attached hydrogen (secondary N) is 1. The van der Waals surface area contributed by atoms with E-state index in [0.29, 0.717) is 49.9 Å². The van der Waals surface area contributed by atoms with Gasteiger partial charge in [-0.05, 0) is 31.5 Å². The van der Waals surface area contributed by atoms with Gasteiger partial charge in [0.15, 0.2) is 11.7 Å². The summed E-state index contributed by atoms with van der Waals surface area (Å²) >= 11 is 0. The first-order chi connectivity index (χ1) is 16.4. The molecule has 0 radical (unpaired) electrons. The lowest BCUT2D eigenvalue weighted by atomic mass is 10.2. The summed E-state index contributed by atoms with van der Waals surface area (Å²) < 4.78 is 38.8. The number of oxazole rings is 1. The van der Waals surface area contributed by atoms with Crippen LogP contribution in [0.25, 0.3) is 11.3 Å². The first kappa shape index (κ1) is 25.5. The summed E-state index contributed by atoms with van der Waals surface area (Å²) in [5.41, 5.74) is 1.35. The van der Waals surface area contributed by atoms with Crippen LogP contribution in [0, 0.1) is 0 Å². The Bertz CT molecular complexity index is 1190. The molecule has 0 fully saturated rings. The van der Waals surface area contributed by atoms with E-state index in [1.165, 1.54) is 10.4 Å². The maximum atomic E-state index is 13.1. The molecule has 0 bridgehead atoms. The highest BCUT2D eigenvalue weighted by molar-refractivity contribution is 7.89. The van der Waals surface area contributed by atoms with Crippen molar-refractivity contribution in [3.8, 4) is 17.1 Å². The largest absolute Gasteiger partial charge is 0.492 e. The van der Waals surface area contributed by atoms with E-state index >= 15 is 0 Å². The van der Waals surface area contributed by atoms with Crippen LogP contribution in [0.2, 0.25) is 0 Å². The highest BCUT2D eigenvalue weighted by Crippen LogP contribution is 2.30. The van der Waals surface area contributed by atoms with Crippen LogP contribution in [-0.4, -0.2) is 43.3 Å². The fourth-order valence-corrected chi connectivity index (χ4v) is 5.17. The lowest BCUT2D eigenvalue weighted by Gasteiger charge is -2.21. The van der Waals surface area contributed by atoms with Gasteiger partial charge in [0.1, 0.15) is 10.6 Å². The van der Waals surface area contributed by atoms with Gasteiger partial charge in [0.05, 0.1) is 12.8 Å². The summed E-state index contributed by atoms with van der Waals surface area (Å²) in [5, 5.41) is 2.79. The van der Waals surface area contributed by atoms with E-state index in [9.17, 15) is 13.2 Å². The number of aryl methyl sites for hydroxylation is 1. The van der Waals surface area contributed by atoms with Crippen molar-refractivity contribution >= 4 is 21.6 Å². The predicted octanol–water partition coefficient (Wildman–Crippen LogP) is 4.73. The molecule has 182 valence electrons. The monoisotopic (exact) mass is 485 g/mol. The summed E-state index contributed by atoms with van der Waals surface area (Å²) in [6.07, 6.45) is 2.99. The van der Waals surface area contributed by atoms with Gasteiger partial charge in [0, 0.05) is 37.2 Å². The molecule has 1 aromatic heterocycles. The highest BCUT2D eigenvalue weighted by atomic mass is 32.2. The zero-order valence-corrected chi connectivity index (χ0v) is 20.6. The molecule has 0 saturated carbocycles. The number of hydrogen-bond donors (Lipinski definition) is 1. The number of amides is 1. The van der Waals surface area contributed by atoms with Crippen molar-refractivity contribution in [1.29, 1.82) is 0 Å². The first-order valence-corrected chi connectivity index (χ1v) is 12.9. The van der Waals surface area contributed by atoms with Crippen molar-refractivity contribution in [2.24, 2.45) is 0 Å². The molecule has 2 aromatic carbocycles. The van der Waals surface area contributed by atoms with Gasteiger partial charge in [-0.15, -0.1) is 0 Å². The standard InChI is InChI=1S/C25H31N3O5S/c1-4-28(5-2)34(30,31)23-17-20(15-16-21(23)32-6-3)27-24(29)13-10-14-25-26-18-22(33-25)19-11-8-7-9-12-19/h7-9,11-12,15-18H,4-6,10,13-14H2,1-3H3,(H,27,29). The summed E-state index contributed by atoms with van der Waals surface area (Å²) in [5.74, 6) is 1.31. The second-order valence-corrected chi connectivity index (χ2v) is 9.48. The van der Waals surface area contributed by atoms with Crippen molar-refractivity contribution in [2.45, 2.75) is 44.9 Å². The van der Waals surface area contributed by atoms with Gasteiger partial charge in [0.2, 0.25) is 15.9 Å². The molecule has 0 aliphatic rings. The number of carbonyl (C=O) groups excluding carboxylic acids is 1. The maximum Gasteiger partial charge on any atom is 0.246 e. The van der Waals surface area contributed by atoms with E-state index in [2.05, 4.69) is 10.3 Å². The number of carbonyl (C=O) groups is 1. The second kappa shape index (κ2) is 11.8. The van der Waals surface area contributed by atoms with Crippen LogP contribution < -0.4 is 10.1 Å². The molecule has 34 heavy (non-hydrogen) atoms. The van der Waals surface area contributed by atoms with Crippen LogP contribution in [0.3, 0.4) is 0 Å². The number of benzene rings is 2. The van der Waals surface area contributed by atoms with E-state index < -0.39 is 10.0 Å². The number of anilines is 1. The average Bonchev–Trinajstić information content (AvgIpc) is 3.30. The Morgan fingerprint density at radius 1 is 1.09 bits per heavy atom. The van der Waals surface area contributed by atoms with E-state index in [-0.39, 0.29) is 23.0 Å². The topological polar surface area (TPSA) is 102 Å². The Hall–Kier alpha value is -3.17. The van der Waals surface area contributed by atoms with Gasteiger partial charge in [-0.25, -0.2) is 13.4 Å². The molecule has 1 N–H and O–H groups in total. The number of sulfonamides is 1. The van der Waals surface area contributed by atoms with Crippen LogP contribution in [0.1, 0.15) is 39.5 Å². The summed E-state index contributed by atoms with van der Waals surface area (Å²) in [4.78, 5) is 16.8. The molecule has 0 aliphatic heterocycles. The molecule has 0 spiro atoms. The number of aromatic nitrogens is 1. The SMILES string of the molecule is CCOc1ccc(NC(=O)CCCc2ncc(-c3ccccc3)o2)cc1S(=O)(=O)N(CC)CC. The molecule has 0 saturated heterocycles. The molecule has 0 unspecified atom stereocenters. The van der Waals surface area contributed by atoms with Gasteiger partial charge < -0.3 is 14.5 Å². The van der Waals surface area contributed by atoms with Crippen LogP contribution in [-0.2, 0) is 21.2 Å². The van der Waals surface area contributed by atoms with E-state index in [1.54, 1.807) is 39.1 Å². The Labute approximate surface area is 201 Å². The minimum atomic E-state index is -3.75. The Morgan fingerprint density at radius 2 is 1.82 bits per heavy atom. The van der Waals surface area contributed by atoms with Crippen LogP contribution in [0.5, 0.6) is 5.75 Å².